The number of rotatable bonds is 6. The number of anilines is 1. The topological polar surface area (TPSA) is 97.4 Å². The molecule has 0 bridgehead atoms. The summed E-state index contributed by atoms with van der Waals surface area (Å²) >= 11 is 7.29. The molecular weight excluding hydrogens is 446 g/mol. The minimum atomic E-state index is -3.82. The van der Waals surface area contributed by atoms with Crippen LogP contribution in [0.1, 0.15) is 36.0 Å². The highest BCUT2D eigenvalue weighted by atomic mass is 35.5. The molecule has 2 aromatic carbocycles. The van der Waals surface area contributed by atoms with Gasteiger partial charge in [0.05, 0.1) is 17.3 Å². The van der Waals surface area contributed by atoms with E-state index in [1.54, 1.807) is 18.2 Å². The summed E-state index contributed by atoms with van der Waals surface area (Å²) in [5.74, 6) is -0.271. The highest BCUT2D eigenvalue weighted by Gasteiger charge is 2.26. The third-order valence-corrected chi connectivity index (χ3v) is 7.67. The fraction of sp³-hybridized carbons (Fsp3) is 0.300. The average Bonchev–Trinajstić information content (AvgIpc) is 3.35. The monoisotopic (exact) mass is 465 g/mol. The number of nitrogens with zero attached hydrogens (tertiary/aromatic N) is 1. The van der Waals surface area contributed by atoms with Crippen molar-refractivity contribution in [1.29, 1.82) is 0 Å². The number of thiazole rings is 1. The van der Waals surface area contributed by atoms with Crippen LogP contribution in [0.4, 0.5) is 5.13 Å². The third kappa shape index (κ3) is 4.44. The van der Waals surface area contributed by atoms with Crippen molar-refractivity contribution in [3.05, 3.63) is 47.0 Å². The maximum absolute atomic E-state index is 12.9. The number of hydrogen-bond donors (Lipinski definition) is 2. The molecule has 7 nitrogen and oxygen atoms in total. The van der Waals surface area contributed by atoms with E-state index in [-0.39, 0.29) is 22.3 Å². The molecule has 1 heterocycles. The lowest BCUT2D eigenvalue weighted by Crippen LogP contribution is -2.33. The molecule has 10 heteroatoms. The van der Waals surface area contributed by atoms with Crippen LogP contribution in [0, 0.1) is 0 Å². The Morgan fingerprint density at radius 3 is 2.70 bits per heavy atom. The van der Waals surface area contributed by atoms with Gasteiger partial charge in [-0.25, -0.2) is 18.1 Å². The Kier molecular flexibility index (Phi) is 5.97. The molecule has 1 aliphatic carbocycles. The second-order valence-corrected chi connectivity index (χ2v) is 10.2. The zero-order valence-corrected chi connectivity index (χ0v) is 18.5. The maximum Gasteiger partial charge on any atom is 0.257 e. The number of carbonyl (C=O) groups is 1. The molecule has 1 saturated carbocycles. The van der Waals surface area contributed by atoms with Crippen molar-refractivity contribution in [2.45, 2.75) is 36.6 Å². The molecule has 0 atom stereocenters. The lowest BCUT2D eigenvalue weighted by atomic mass is 10.2. The van der Waals surface area contributed by atoms with E-state index in [2.05, 4.69) is 15.0 Å². The number of ether oxygens (including phenoxy) is 1. The Balaban J connectivity index is 1.60. The zero-order valence-electron chi connectivity index (χ0n) is 16.1. The van der Waals surface area contributed by atoms with E-state index in [0.29, 0.717) is 10.2 Å². The molecule has 0 spiro atoms. The molecule has 158 valence electrons. The van der Waals surface area contributed by atoms with Crippen LogP contribution >= 0.6 is 22.9 Å². The summed E-state index contributed by atoms with van der Waals surface area (Å²) in [4.78, 5) is 17.1. The second-order valence-electron chi connectivity index (χ2n) is 7.05. The first-order valence-electron chi connectivity index (χ1n) is 9.43. The Morgan fingerprint density at radius 2 is 1.97 bits per heavy atom. The van der Waals surface area contributed by atoms with Crippen molar-refractivity contribution in [2.75, 3.05) is 12.4 Å². The van der Waals surface area contributed by atoms with Crippen LogP contribution in [-0.4, -0.2) is 32.5 Å². The lowest BCUT2D eigenvalue weighted by molar-refractivity contribution is 0.102. The van der Waals surface area contributed by atoms with Gasteiger partial charge in [0, 0.05) is 16.6 Å². The summed E-state index contributed by atoms with van der Waals surface area (Å²) in [5, 5.41) is 3.72. The molecule has 1 amide bonds. The van der Waals surface area contributed by atoms with E-state index in [1.165, 1.54) is 36.6 Å². The van der Waals surface area contributed by atoms with Crippen molar-refractivity contribution in [3.63, 3.8) is 0 Å². The van der Waals surface area contributed by atoms with Crippen molar-refractivity contribution in [3.8, 4) is 5.75 Å². The van der Waals surface area contributed by atoms with Crippen molar-refractivity contribution in [2.24, 2.45) is 0 Å². The van der Waals surface area contributed by atoms with Crippen LogP contribution in [-0.2, 0) is 10.0 Å². The number of halogens is 1. The van der Waals surface area contributed by atoms with Crippen LogP contribution in [0.25, 0.3) is 10.2 Å². The molecule has 0 aliphatic heterocycles. The number of sulfonamides is 1. The zero-order chi connectivity index (χ0) is 21.3. The van der Waals surface area contributed by atoms with E-state index in [9.17, 15) is 13.2 Å². The minimum absolute atomic E-state index is 0.0550. The molecule has 0 unspecified atom stereocenters. The molecule has 2 N–H and O–H groups in total. The fourth-order valence-electron chi connectivity index (χ4n) is 3.48. The van der Waals surface area contributed by atoms with Crippen LogP contribution in [0.5, 0.6) is 5.75 Å². The molecular formula is C20H20ClN3O4S2. The lowest BCUT2D eigenvalue weighted by Gasteiger charge is -2.15. The van der Waals surface area contributed by atoms with E-state index in [1.807, 2.05) is 0 Å². The number of fused-ring (bicyclic) bond motifs is 1. The molecule has 30 heavy (non-hydrogen) atoms. The summed E-state index contributed by atoms with van der Waals surface area (Å²) in [7, 11) is -2.42. The Bertz CT molecular complexity index is 1200. The number of nitrogens with one attached hydrogen (secondary N) is 2. The van der Waals surface area contributed by atoms with Gasteiger partial charge in [-0.15, -0.1) is 0 Å². The van der Waals surface area contributed by atoms with Gasteiger partial charge in [0.25, 0.3) is 5.91 Å². The van der Waals surface area contributed by atoms with E-state index < -0.39 is 15.9 Å². The summed E-state index contributed by atoms with van der Waals surface area (Å²) < 4.78 is 34.6. The van der Waals surface area contributed by atoms with Crippen LogP contribution < -0.4 is 14.8 Å². The highest BCUT2D eigenvalue weighted by Crippen LogP contribution is 2.30. The number of aromatic nitrogens is 1. The highest BCUT2D eigenvalue weighted by molar-refractivity contribution is 7.89. The van der Waals surface area contributed by atoms with Gasteiger partial charge in [0.1, 0.15) is 10.6 Å². The first-order chi connectivity index (χ1) is 14.4. The van der Waals surface area contributed by atoms with E-state index >= 15 is 0 Å². The number of hydrogen-bond acceptors (Lipinski definition) is 6. The first kappa shape index (κ1) is 21.0. The van der Waals surface area contributed by atoms with Crippen LogP contribution in [0.15, 0.2) is 41.3 Å². The van der Waals surface area contributed by atoms with Gasteiger partial charge in [-0.05, 0) is 49.2 Å². The van der Waals surface area contributed by atoms with Gasteiger partial charge in [-0.1, -0.05) is 35.8 Å². The Hall–Kier alpha value is -2.20. The summed E-state index contributed by atoms with van der Waals surface area (Å²) in [6.07, 6.45) is 3.62. The van der Waals surface area contributed by atoms with Gasteiger partial charge in [-0.2, -0.15) is 0 Å². The van der Waals surface area contributed by atoms with Crippen molar-refractivity contribution in [1.82, 2.24) is 9.71 Å². The number of amides is 1. The molecule has 4 rings (SSSR count). The Labute approximate surface area is 183 Å². The third-order valence-electron chi connectivity index (χ3n) is 4.96. The van der Waals surface area contributed by atoms with E-state index in [4.69, 9.17) is 16.3 Å². The summed E-state index contributed by atoms with van der Waals surface area (Å²) in [5.41, 5.74) is 0.915. The van der Waals surface area contributed by atoms with Gasteiger partial charge in [0.15, 0.2) is 5.13 Å². The standard InChI is InChI=1S/C20H20ClN3O4S2/c1-28-16-9-6-12(10-18(16)30(26,27)24-14-4-2-3-5-14)19(25)23-20-22-15-8-7-13(21)11-17(15)29-20/h6-11,14,24H,2-5H2,1H3,(H,22,23,25). The largest absolute Gasteiger partial charge is 0.495 e. The van der Waals surface area contributed by atoms with Gasteiger partial charge < -0.3 is 4.74 Å². The predicted molar refractivity (Wildman–Crippen MR) is 118 cm³/mol. The molecule has 1 aliphatic rings. The summed E-state index contributed by atoms with van der Waals surface area (Å²) in [6.45, 7) is 0. The van der Waals surface area contributed by atoms with Crippen LogP contribution in [0.3, 0.4) is 0 Å². The van der Waals surface area contributed by atoms with Gasteiger partial charge in [0.2, 0.25) is 10.0 Å². The maximum atomic E-state index is 12.9. The number of carbonyl (C=O) groups excluding carboxylic acids is 1. The average molecular weight is 466 g/mol. The van der Waals surface area contributed by atoms with E-state index in [0.717, 1.165) is 35.9 Å². The Morgan fingerprint density at radius 1 is 1.20 bits per heavy atom. The molecule has 3 aromatic rings. The number of methoxy groups -OCH3 is 1. The van der Waals surface area contributed by atoms with Crippen molar-refractivity contribution >= 4 is 54.2 Å². The first-order valence-corrected chi connectivity index (χ1v) is 12.1. The van der Waals surface area contributed by atoms with Crippen molar-refractivity contribution < 1.29 is 17.9 Å². The predicted octanol–water partition coefficient (Wildman–Crippen LogP) is 4.43. The molecule has 0 saturated heterocycles. The van der Waals surface area contributed by atoms with Gasteiger partial charge >= 0.3 is 0 Å². The molecule has 0 radical (unpaired) electrons. The normalized spacial score (nSPS) is 14.9. The quantitative estimate of drug-likeness (QED) is 0.561. The minimum Gasteiger partial charge on any atom is -0.495 e. The SMILES string of the molecule is COc1ccc(C(=O)Nc2nc3ccc(Cl)cc3s2)cc1S(=O)(=O)NC1CCCC1. The fourth-order valence-corrected chi connectivity index (χ4v) is 6.11. The summed E-state index contributed by atoms with van der Waals surface area (Å²) in [6, 6.07) is 9.52. The van der Waals surface area contributed by atoms with Crippen LogP contribution in [0.2, 0.25) is 5.02 Å². The van der Waals surface area contributed by atoms with Gasteiger partial charge in [-0.3, -0.25) is 10.1 Å². The second kappa shape index (κ2) is 8.50. The number of benzene rings is 2. The molecule has 1 aromatic heterocycles. The molecule has 1 fully saturated rings. The smallest absolute Gasteiger partial charge is 0.257 e.